The molecule has 0 atom stereocenters. The van der Waals surface area contributed by atoms with Crippen LogP contribution in [-0.4, -0.2) is 61.5 Å². The average molecular weight is 347 g/mol. The van der Waals surface area contributed by atoms with Gasteiger partial charge in [0.05, 0.1) is 0 Å². The number of nitrogens with zero attached hydrogens (tertiary/aromatic N) is 3. The quantitative estimate of drug-likeness (QED) is 0.723. The maximum atomic E-state index is 13.0. The number of hydrogen-bond donors (Lipinski definition) is 0. The van der Waals surface area contributed by atoms with Crippen molar-refractivity contribution >= 4 is 11.6 Å². The molecular formula is C20H30FN3O. The average Bonchev–Trinajstić information content (AvgIpc) is 3.44. The van der Waals surface area contributed by atoms with Crippen molar-refractivity contribution in [3.8, 4) is 0 Å². The molecule has 0 bridgehead atoms. The first-order valence-electron chi connectivity index (χ1n) is 9.66. The van der Waals surface area contributed by atoms with Crippen molar-refractivity contribution in [1.82, 2.24) is 9.80 Å². The van der Waals surface area contributed by atoms with Gasteiger partial charge < -0.3 is 14.7 Å². The van der Waals surface area contributed by atoms with Crippen molar-refractivity contribution in [2.24, 2.45) is 5.92 Å². The predicted octanol–water partition coefficient (Wildman–Crippen LogP) is 2.99. The van der Waals surface area contributed by atoms with E-state index in [0.717, 1.165) is 57.3 Å². The SMILES string of the molecule is CCCN(CCC(=O)N1CCN(c2ccc(F)cc2)CC1)CC1CC1. The first-order valence-corrected chi connectivity index (χ1v) is 9.66. The Morgan fingerprint density at radius 3 is 2.40 bits per heavy atom. The molecule has 5 heteroatoms. The number of carbonyl (C=O) groups is 1. The molecule has 25 heavy (non-hydrogen) atoms. The summed E-state index contributed by atoms with van der Waals surface area (Å²) in [6, 6.07) is 6.62. The van der Waals surface area contributed by atoms with Crippen molar-refractivity contribution in [3.63, 3.8) is 0 Å². The zero-order valence-corrected chi connectivity index (χ0v) is 15.3. The Morgan fingerprint density at radius 1 is 1.12 bits per heavy atom. The van der Waals surface area contributed by atoms with Gasteiger partial charge in [-0.1, -0.05) is 6.92 Å². The summed E-state index contributed by atoms with van der Waals surface area (Å²) in [6.45, 7) is 8.51. The van der Waals surface area contributed by atoms with E-state index in [9.17, 15) is 9.18 Å². The second-order valence-corrected chi connectivity index (χ2v) is 7.34. The molecule has 1 heterocycles. The largest absolute Gasteiger partial charge is 0.368 e. The lowest BCUT2D eigenvalue weighted by atomic mass is 10.2. The van der Waals surface area contributed by atoms with Gasteiger partial charge in [0.1, 0.15) is 5.82 Å². The standard InChI is InChI=1S/C20H30FN3O/c1-2-10-22(16-17-3-4-17)11-9-20(25)24-14-12-23(13-15-24)19-7-5-18(21)6-8-19/h5-8,17H,2-4,9-16H2,1H3. The summed E-state index contributed by atoms with van der Waals surface area (Å²) in [4.78, 5) is 19.2. The lowest BCUT2D eigenvalue weighted by molar-refractivity contribution is -0.131. The van der Waals surface area contributed by atoms with Gasteiger partial charge in [-0.3, -0.25) is 4.79 Å². The second kappa shape index (κ2) is 8.65. The summed E-state index contributed by atoms with van der Waals surface area (Å²) in [5, 5.41) is 0. The van der Waals surface area contributed by atoms with E-state index >= 15 is 0 Å². The molecule has 1 aromatic carbocycles. The highest BCUT2D eigenvalue weighted by Gasteiger charge is 2.25. The number of amides is 1. The first kappa shape index (κ1) is 18.2. The Bertz CT molecular complexity index is 551. The molecule has 0 aromatic heterocycles. The van der Waals surface area contributed by atoms with Gasteiger partial charge in [0.15, 0.2) is 0 Å². The van der Waals surface area contributed by atoms with Crippen LogP contribution in [0.25, 0.3) is 0 Å². The van der Waals surface area contributed by atoms with Crippen LogP contribution < -0.4 is 4.90 Å². The molecule has 0 radical (unpaired) electrons. The Labute approximate surface area is 150 Å². The predicted molar refractivity (Wildman–Crippen MR) is 99.3 cm³/mol. The zero-order chi connectivity index (χ0) is 17.6. The second-order valence-electron chi connectivity index (χ2n) is 7.34. The van der Waals surface area contributed by atoms with Gasteiger partial charge in [-0.05, 0) is 56.0 Å². The molecule has 138 valence electrons. The minimum atomic E-state index is -0.208. The van der Waals surface area contributed by atoms with Gasteiger partial charge in [-0.2, -0.15) is 0 Å². The molecule has 0 N–H and O–H groups in total. The number of rotatable bonds is 8. The van der Waals surface area contributed by atoms with Crippen LogP contribution in [0.5, 0.6) is 0 Å². The highest BCUT2D eigenvalue weighted by atomic mass is 19.1. The van der Waals surface area contributed by atoms with Gasteiger partial charge in [-0.25, -0.2) is 4.39 Å². The van der Waals surface area contributed by atoms with Crippen LogP contribution in [0, 0.1) is 11.7 Å². The van der Waals surface area contributed by atoms with Crippen LogP contribution in [0.1, 0.15) is 32.6 Å². The normalized spacial score (nSPS) is 18.0. The highest BCUT2D eigenvalue weighted by molar-refractivity contribution is 5.76. The Hall–Kier alpha value is -1.62. The number of piperazine rings is 1. The summed E-state index contributed by atoms with van der Waals surface area (Å²) in [6.07, 6.45) is 4.50. The van der Waals surface area contributed by atoms with E-state index in [-0.39, 0.29) is 11.7 Å². The van der Waals surface area contributed by atoms with Gasteiger partial charge in [-0.15, -0.1) is 0 Å². The van der Waals surface area contributed by atoms with Crippen LogP contribution in [-0.2, 0) is 4.79 Å². The fourth-order valence-electron chi connectivity index (χ4n) is 3.55. The third-order valence-electron chi connectivity index (χ3n) is 5.22. The van der Waals surface area contributed by atoms with Crippen LogP contribution in [0.2, 0.25) is 0 Å². The maximum absolute atomic E-state index is 13.0. The van der Waals surface area contributed by atoms with Crippen LogP contribution in [0.3, 0.4) is 0 Å². The Balaban J connectivity index is 1.42. The molecule has 2 aliphatic rings. The first-order chi connectivity index (χ1) is 12.2. The summed E-state index contributed by atoms with van der Waals surface area (Å²) < 4.78 is 13.0. The van der Waals surface area contributed by atoms with Crippen LogP contribution >= 0.6 is 0 Å². The molecule has 1 amide bonds. The Kier molecular flexibility index (Phi) is 6.29. The molecule has 4 nitrogen and oxygen atoms in total. The van der Waals surface area contributed by atoms with E-state index in [2.05, 4.69) is 16.7 Å². The third-order valence-corrected chi connectivity index (χ3v) is 5.22. The van der Waals surface area contributed by atoms with Crippen molar-refractivity contribution in [3.05, 3.63) is 30.1 Å². The van der Waals surface area contributed by atoms with E-state index in [1.54, 1.807) is 0 Å². The zero-order valence-electron chi connectivity index (χ0n) is 15.3. The van der Waals surface area contributed by atoms with Gasteiger partial charge in [0.25, 0.3) is 0 Å². The van der Waals surface area contributed by atoms with Gasteiger partial charge in [0.2, 0.25) is 5.91 Å². The summed E-state index contributed by atoms with van der Waals surface area (Å²) in [5.41, 5.74) is 1.03. The number of carbonyl (C=O) groups excluding carboxylic acids is 1. The topological polar surface area (TPSA) is 26.8 Å². The van der Waals surface area contributed by atoms with Crippen molar-refractivity contribution < 1.29 is 9.18 Å². The molecule has 1 saturated carbocycles. The molecule has 2 fully saturated rings. The van der Waals surface area contributed by atoms with Crippen LogP contribution in [0.4, 0.5) is 10.1 Å². The smallest absolute Gasteiger partial charge is 0.223 e. The van der Waals surface area contributed by atoms with E-state index in [1.807, 2.05) is 17.0 Å². The van der Waals surface area contributed by atoms with E-state index < -0.39 is 0 Å². The van der Waals surface area contributed by atoms with E-state index in [1.165, 1.54) is 31.5 Å². The van der Waals surface area contributed by atoms with Crippen molar-refractivity contribution in [2.45, 2.75) is 32.6 Å². The number of halogens is 1. The summed E-state index contributed by atoms with van der Waals surface area (Å²) in [5.74, 6) is 0.942. The van der Waals surface area contributed by atoms with Gasteiger partial charge in [0, 0.05) is 51.4 Å². The molecular weight excluding hydrogens is 317 g/mol. The summed E-state index contributed by atoms with van der Waals surface area (Å²) in [7, 11) is 0. The lowest BCUT2D eigenvalue weighted by Gasteiger charge is -2.36. The minimum absolute atomic E-state index is 0.208. The minimum Gasteiger partial charge on any atom is -0.368 e. The van der Waals surface area contributed by atoms with E-state index in [4.69, 9.17) is 0 Å². The fraction of sp³-hybridized carbons (Fsp3) is 0.650. The molecule has 0 spiro atoms. The number of hydrogen-bond acceptors (Lipinski definition) is 3. The molecule has 0 unspecified atom stereocenters. The lowest BCUT2D eigenvalue weighted by Crippen LogP contribution is -2.49. The Morgan fingerprint density at radius 2 is 1.80 bits per heavy atom. The van der Waals surface area contributed by atoms with Crippen molar-refractivity contribution in [1.29, 1.82) is 0 Å². The van der Waals surface area contributed by atoms with Crippen LogP contribution in [0.15, 0.2) is 24.3 Å². The van der Waals surface area contributed by atoms with Crippen molar-refractivity contribution in [2.75, 3.05) is 50.7 Å². The molecule has 1 aliphatic heterocycles. The summed E-state index contributed by atoms with van der Waals surface area (Å²) >= 11 is 0. The monoisotopic (exact) mass is 347 g/mol. The molecule has 1 aliphatic carbocycles. The van der Waals surface area contributed by atoms with Gasteiger partial charge >= 0.3 is 0 Å². The third kappa shape index (κ3) is 5.43. The fourth-order valence-corrected chi connectivity index (χ4v) is 3.55. The van der Waals surface area contributed by atoms with E-state index in [0.29, 0.717) is 6.42 Å². The maximum Gasteiger partial charge on any atom is 0.223 e. The molecule has 1 aromatic rings. The highest BCUT2D eigenvalue weighted by Crippen LogP contribution is 2.29. The number of anilines is 1. The molecule has 3 rings (SSSR count). The molecule has 1 saturated heterocycles. The number of benzene rings is 1.